The van der Waals surface area contributed by atoms with Gasteiger partial charge in [-0.25, -0.2) is 4.98 Å². The van der Waals surface area contributed by atoms with Gasteiger partial charge in [-0.05, 0) is 43.3 Å². The zero-order chi connectivity index (χ0) is 19.2. The van der Waals surface area contributed by atoms with E-state index < -0.39 is 0 Å². The number of hydrogen-bond donors (Lipinski definition) is 1. The summed E-state index contributed by atoms with van der Waals surface area (Å²) in [4.78, 5) is 17.0. The van der Waals surface area contributed by atoms with Crippen LogP contribution in [0.2, 0.25) is 0 Å². The number of amides is 1. The van der Waals surface area contributed by atoms with E-state index in [0.29, 0.717) is 35.4 Å². The number of thiazole rings is 1. The van der Waals surface area contributed by atoms with Crippen molar-refractivity contribution in [2.24, 2.45) is 0 Å². The molecule has 0 fully saturated rings. The number of rotatable bonds is 8. The minimum absolute atomic E-state index is 0.271. The monoisotopic (exact) mass is 384 g/mol. The van der Waals surface area contributed by atoms with Gasteiger partial charge in [0, 0.05) is 5.56 Å². The van der Waals surface area contributed by atoms with Crippen LogP contribution < -0.4 is 19.5 Å². The average molecular weight is 384 g/mol. The number of carbonyl (C=O) groups is 1. The van der Waals surface area contributed by atoms with E-state index in [1.807, 2.05) is 25.1 Å². The highest BCUT2D eigenvalue weighted by molar-refractivity contribution is 7.22. The summed E-state index contributed by atoms with van der Waals surface area (Å²) in [6.07, 6.45) is 1.64. The van der Waals surface area contributed by atoms with E-state index in [1.165, 1.54) is 18.4 Å². The molecule has 6 nitrogen and oxygen atoms in total. The van der Waals surface area contributed by atoms with Gasteiger partial charge in [0.1, 0.15) is 12.4 Å². The first kappa shape index (κ1) is 18.7. The van der Waals surface area contributed by atoms with Gasteiger partial charge in [-0.15, -0.1) is 0 Å². The maximum absolute atomic E-state index is 12.6. The third-order valence-corrected chi connectivity index (χ3v) is 4.61. The Morgan fingerprint density at radius 3 is 2.81 bits per heavy atom. The van der Waals surface area contributed by atoms with Gasteiger partial charge in [0.05, 0.1) is 23.9 Å². The van der Waals surface area contributed by atoms with Crippen molar-refractivity contribution in [2.45, 2.75) is 6.92 Å². The van der Waals surface area contributed by atoms with Crippen molar-refractivity contribution in [3.8, 4) is 17.2 Å². The van der Waals surface area contributed by atoms with Crippen molar-refractivity contribution in [1.82, 2.24) is 4.98 Å². The van der Waals surface area contributed by atoms with Gasteiger partial charge in [-0.2, -0.15) is 0 Å². The largest absolute Gasteiger partial charge is 0.494 e. The maximum atomic E-state index is 12.6. The molecule has 27 heavy (non-hydrogen) atoms. The highest BCUT2D eigenvalue weighted by Crippen LogP contribution is 2.31. The summed E-state index contributed by atoms with van der Waals surface area (Å²) < 4.78 is 17.2. The second-order valence-corrected chi connectivity index (χ2v) is 6.53. The number of aromatic nitrogens is 1. The zero-order valence-electron chi connectivity index (χ0n) is 15.2. The van der Waals surface area contributed by atoms with Crippen LogP contribution >= 0.6 is 11.3 Å². The van der Waals surface area contributed by atoms with Crippen molar-refractivity contribution >= 4 is 32.6 Å². The molecule has 1 amide bonds. The number of benzene rings is 2. The number of anilines is 1. The van der Waals surface area contributed by atoms with E-state index in [4.69, 9.17) is 14.2 Å². The smallest absolute Gasteiger partial charge is 0.257 e. The molecule has 0 saturated heterocycles. The maximum Gasteiger partial charge on any atom is 0.257 e. The molecule has 0 atom stereocenters. The van der Waals surface area contributed by atoms with Crippen LogP contribution in [-0.2, 0) is 0 Å². The number of nitrogens with one attached hydrogen (secondary N) is 1. The third-order valence-electron chi connectivity index (χ3n) is 3.67. The first-order valence-electron chi connectivity index (χ1n) is 8.41. The average Bonchev–Trinajstić information content (AvgIpc) is 3.07. The van der Waals surface area contributed by atoms with Crippen molar-refractivity contribution in [1.29, 1.82) is 0 Å². The molecular formula is C20H20N2O4S. The molecule has 0 bridgehead atoms. The molecule has 0 aliphatic heterocycles. The molecule has 0 radical (unpaired) electrons. The molecular weight excluding hydrogens is 364 g/mol. The van der Waals surface area contributed by atoms with Crippen LogP contribution in [0.25, 0.3) is 10.2 Å². The summed E-state index contributed by atoms with van der Waals surface area (Å²) in [6, 6.07) is 10.7. The Balaban J connectivity index is 1.78. The summed E-state index contributed by atoms with van der Waals surface area (Å²) in [5, 5.41) is 3.35. The minimum atomic E-state index is -0.271. The lowest BCUT2D eigenvalue weighted by Crippen LogP contribution is -2.12. The van der Waals surface area contributed by atoms with Crippen LogP contribution in [0.1, 0.15) is 17.3 Å². The molecule has 3 rings (SSSR count). The molecule has 7 heteroatoms. The summed E-state index contributed by atoms with van der Waals surface area (Å²) >= 11 is 1.39. The fourth-order valence-electron chi connectivity index (χ4n) is 2.46. The number of hydrogen-bond acceptors (Lipinski definition) is 6. The Morgan fingerprint density at radius 1 is 1.22 bits per heavy atom. The van der Waals surface area contributed by atoms with E-state index in [2.05, 4.69) is 16.9 Å². The molecule has 0 spiro atoms. The van der Waals surface area contributed by atoms with Crippen LogP contribution in [0.3, 0.4) is 0 Å². The Morgan fingerprint density at radius 2 is 2.07 bits per heavy atom. The molecule has 1 aromatic heterocycles. The van der Waals surface area contributed by atoms with E-state index in [0.717, 1.165) is 16.0 Å². The van der Waals surface area contributed by atoms with E-state index in [-0.39, 0.29) is 5.91 Å². The number of methoxy groups -OCH3 is 1. The molecule has 1 heterocycles. The topological polar surface area (TPSA) is 69.7 Å². The molecule has 0 unspecified atom stereocenters. The van der Waals surface area contributed by atoms with Crippen LogP contribution in [0, 0.1) is 0 Å². The number of ether oxygens (including phenoxy) is 3. The first-order chi connectivity index (χ1) is 13.1. The number of nitrogens with zero attached hydrogens (tertiary/aromatic N) is 1. The Bertz CT molecular complexity index is 968. The van der Waals surface area contributed by atoms with Crippen LogP contribution in [0.15, 0.2) is 49.1 Å². The van der Waals surface area contributed by atoms with Gasteiger partial charge >= 0.3 is 0 Å². The number of carbonyl (C=O) groups excluding carboxylic acids is 1. The summed E-state index contributed by atoms with van der Waals surface area (Å²) in [5.74, 6) is 1.55. The lowest BCUT2D eigenvalue weighted by atomic mass is 10.2. The van der Waals surface area contributed by atoms with Gasteiger partial charge in [-0.3, -0.25) is 10.1 Å². The fraction of sp³-hybridized carbons (Fsp3) is 0.200. The van der Waals surface area contributed by atoms with Crippen molar-refractivity contribution < 1.29 is 19.0 Å². The van der Waals surface area contributed by atoms with E-state index >= 15 is 0 Å². The molecule has 2 aromatic carbocycles. The van der Waals surface area contributed by atoms with E-state index in [9.17, 15) is 4.79 Å². The molecule has 0 aliphatic carbocycles. The van der Waals surface area contributed by atoms with Gasteiger partial charge in [0.25, 0.3) is 5.91 Å². The highest BCUT2D eigenvalue weighted by atomic mass is 32.1. The van der Waals surface area contributed by atoms with Crippen molar-refractivity contribution in [3.05, 3.63) is 54.6 Å². The standard InChI is InChI=1S/C20H20N2O4S/c1-4-10-26-16-9-6-13(11-17(16)24-3)19(23)22-20-21-15-8-7-14(25-5-2)12-18(15)27-20/h4,6-9,11-12H,1,5,10H2,2-3H3,(H,21,22,23). The Hall–Kier alpha value is -3.06. The highest BCUT2D eigenvalue weighted by Gasteiger charge is 2.14. The fourth-order valence-corrected chi connectivity index (χ4v) is 3.35. The molecule has 140 valence electrons. The predicted molar refractivity (Wildman–Crippen MR) is 107 cm³/mol. The number of fused-ring (bicyclic) bond motifs is 1. The van der Waals surface area contributed by atoms with Gasteiger partial charge < -0.3 is 14.2 Å². The first-order valence-corrected chi connectivity index (χ1v) is 9.22. The van der Waals surface area contributed by atoms with Gasteiger partial charge in [0.2, 0.25) is 0 Å². The minimum Gasteiger partial charge on any atom is -0.494 e. The van der Waals surface area contributed by atoms with Crippen LogP contribution in [0.5, 0.6) is 17.2 Å². The van der Waals surface area contributed by atoms with Gasteiger partial charge in [0.15, 0.2) is 16.6 Å². The lowest BCUT2D eigenvalue weighted by molar-refractivity contribution is 0.102. The summed E-state index contributed by atoms with van der Waals surface area (Å²) in [7, 11) is 1.53. The Kier molecular flexibility index (Phi) is 5.93. The molecule has 0 saturated carbocycles. The van der Waals surface area contributed by atoms with Crippen LogP contribution in [-0.4, -0.2) is 31.2 Å². The summed E-state index contributed by atoms with van der Waals surface area (Å²) in [5.41, 5.74) is 1.26. The summed E-state index contributed by atoms with van der Waals surface area (Å²) in [6.45, 7) is 6.51. The Labute approximate surface area is 161 Å². The van der Waals surface area contributed by atoms with Crippen molar-refractivity contribution in [2.75, 3.05) is 25.6 Å². The second-order valence-electron chi connectivity index (χ2n) is 5.50. The molecule has 0 aliphatic rings. The quantitative estimate of drug-likeness (QED) is 0.578. The molecule has 1 N–H and O–H groups in total. The SMILES string of the molecule is C=CCOc1ccc(C(=O)Nc2nc3ccc(OCC)cc3s2)cc1OC. The third kappa shape index (κ3) is 4.38. The van der Waals surface area contributed by atoms with E-state index in [1.54, 1.807) is 24.3 Å². The molecule has 3 aromatic rings. The lowest BCUT2D eigenvalue weighted by Gasteiger charge is -2.10. The zero-order valence-corrected chi connectivity index (χ0v) is 16.0. The van der Waals surface area contributed by atoms with Crippen molar-refractivity contribution in [3.63, 3.8) is 0 Å². The second kappa shape index (κ2) is 8.55. The predicted octanol–water partition coefficient (Wildman–Crippen LogP) is 4.52. The van der Waals surface area contributed by atoms with Gasteiger partial charge in [-0.1, -0.05) is 24.0 Å². The normalized spacial score (nSPS) is 10.4. The van der Waals surface area contributed by atoms with Crippen LogP contribution in [0.4, 0.5) is 5.13 Å².